The number of carbonyl (C=O) groups excluding carboxylic acids is 1. The molecule has 6 heteroatoms. The van der Waals surface area contributed by atoms with E-state index >= 15 is 0 Å². The second-order valence-corrected chi connectivity index (χ2v) is 8.02. The minimum atomic E-state index is -0.439. The molecule has 1 aliphatic rings. The first-order valence-electron chi connectivity index (χ1n) is 9.45. The van der Waals surface area contributed by atoms with Gasteiger partial charge in [-0.2, -0.15) is 0 Å². The maximum absolute atomic E-state index is 11.9. The molecular weight excluding hydrogens is 356 g/mol. The molecule has 2 atom stereocenters. The number of anilines is 1. The predicted molar refractivity (Wildman–Crippen MR) is 112 cm³/mol. The first-order valence-corrected chi connectivity index (χ1v) is 10.3. The molecule has 0 radical (unpaired) electrons. The number of hydrogen-bond acceptors (Lipinski definition) is 5. The number of nitrogens with one attached hydrogen (secondary N) is 2. The maximum Gasteiger partial charge on any atom is 0.251 e. The zero-order chi connectivity index (χ0) is 18.8. The van der Waals surface area contributed by atoms with E-state index in [0.29, 0.717) is 17.6 Å². The third kappa shape index (κ3) is 3.55. The van der Waals surface area contributed by atoms with Gasteiger partial charge in [0, 0.05) is 28.5 Å². The molecule has 1 amide bonds. The van der Waals surface area contributed by atoms with Crippen molar-refractivity contribution in [3.8, 4) is 10.4 Å². The first kappa shape index (κ1) is 17.9. The molecule has 0 saturated carbocycles. The summed E-state index contributed by atoms with van der Waals surface area (Å²) in [6.45, 7) is 3.27. The van der Waals surface area contributed by atoms with E-state index < -0.39 is 5.91 Å². The number of nitrogens with zero attached hydrogens (tertiary/aromatic N) is 1. The molecule has 0 bridgehead atoms. The van der Waals surface area contributed by atoms with Gasteiger partial charge in [0.05, 0.1) is 10.3 Å². The Hall–Kier alpha value is -2.44. The Balaban J connectivity index is 1.78. The molecule has 4 rings (SSSR count). The molecule has 2 aromatic heterocycles. The number of piperidine rings is 1. The quantitative estimate of drug-likeness (QED) is 0.625. The van der Waals surface area contributed by atoms with Crippen LogP contribution in [0.15, 0.2) is 42.6 Å². The van der Waals surface area contributed by atoms with E-state index in [9.17, 15) is 4.79 Å². The van der Waals surface area contributed by atoms with Crippen LogP contribution in [0.25, 0.3) is 20.5 Å². The summed E-state index contributed by atoms with van der Waals surface area (Å²) in [5.74, 6) is 0.395. The van der Waals surface area contributed by atoms with Crippen molar-refractivity contribution in [2.75, 3.05) is 11.9 Å². The number of nitrogens with two attached hydrogens (primary N) is 1. The molecule has 140 valence electrons. The van der Waals surface area contributed by atoms with Crippen molar-refractivity contribution >= 4 is 33.1 Å². The summed E-state index contributed by atoms with van der Waals surface area (Å²) in [5, 5.41) is 8.19. The van der Waals surface area contributed by atoms with Crippen molar-refractivity contribution in [3.05, 3.63) is 48.2 Å². The molecule has 0 unspecified atom stereocenters. The average Bonchev–Trinajstić information content (AvgIpc) is 3.15. The number of pyridine rings is 1. The van der Waals surface area contributed by atoms with Gasteiger partial charge < -0.3 is 16.4 Å². The van der Waals surface area contributed by atoms with Gasteiger partial charge in [-0.25, -0.2) is 4.98 Å². The van der Waals surface area contributed by atoms with Crippen molar-refractivity contribution in [3.63, 3.8) is 0 Å². The Kier molecular flexibility index (Phi) is 5.09. The summed E-state index contributed by atoms with van der Waals surface area (Å²) in [6, 6.07) is 13.1. The number of rotatable bonds is 5. The number of thiophene rings is 1. The highest BCUT2D eigenvalue weighted by atomic mass is 32.1. The van der Waals surface area contributed by atoms with Crippen LogP contribution in [0.4, 0.5) is 5.82 Å². The van der Waals surface area contributed by atoms with E-state index in [1.54, 1.807) is 17.5 Å². The molecule has 1 aromatic carbocycles. The number of hydrogen-bond donors (Lipinski definition) is 3. The van der Waals surface area contributed by atoms with Crippen LogP contribution in [-0.2, 0) is 0 Å². The summed E-state index contributed by atoms with van der Waals surface area (Å²) in [5.41, 5.74) is 7.22. The summed E-state index contributed by atoms with van der Waals surface area (Å²) in [7, 11) is 0. The number of carbonyl (C=O) groups is 1. The van der Waals surface area contributed by atoms with Crippen LogP contribution in [0, 0.1) is 0 Å². The second kappa shape index (κ2) is 7.66. The van der Waals surface area contributed by atoms with Gasteiger partial charge in [-0.05, 0) is 37.4 Å². The van der Waals surface area contributed by atoms with Crippen LogP contribution < -0.4 is 16.4 Å². The Morgan fingerprint density at radius 3 is 2.93 bits per heavy atom. The number of fused-ring (bicyclic) bond motifs is 1. The molecular formula is C21H24N4OS. The lowest BCUT2D eigenvalue weighted by Crippen LogP contribution is -2.48. The number of amides is 1. The molecule has 1 aliphatic heterocycles. The van der Waals surface area contributed by atoms with E-state index in [4.69, 9.17) is 5.73 Å². The SMILES string of the molecule is CC[C@@H]1NCCC[C@H]1Nc1ncc(C(N)=O)c2sc(-c3ccccc3)cc12. The van der Waals surface area contributed by atoms with Gasteiger partial charge >= 0.3 is 0 Å². The minimum absolute atomic E-state index is 0.332. The fourth-order valence-electron chi connectivity index (χ4n) is 3.79. The van der Waals surface area contributed by atoms with Gasteiger partial charge in [-0.3, -0.25) is 4.79 Å². The Bertz CT molecular complexity index is 953. The van der Waals surface area contributed by atoms with Crippen molar-refractivity contribution in [1.29, 1.82) is 0 Å². The lowest BCUT2D eigenvalue weighted by molar-refractivity contribution is 0.100. The Morgan fingerprint density at radius 2 is 2.19 bits per heavy atom. The normalized spacial score (nSPS) is 19.9. The standard InChI is InChI=1S/C21H24N4OS/c1-2-16-17(9-6-10-23-16)25-21-14-11-18(13-7-4-3-5-8-13)27-19(14)15(12-24-21)20(22)26/h3-5,7-8,11-12,16-17,23H,2,6,9-10H2,1H3,(H2,22,26)(H,24,25)/t16-,17+/m0/s1. The molecule has 1 saturated heterocycles. The lowest BCUT2D eigenvalue weighted by Gasteiger charge is -2.33. The topological polar surface area (TPSA) is 80.0 Å². The number of benzene rings is 1. The smallest absolute Gasteiger partial charge is 0.251 e. The fourth-order valence-corrected chi connectivity index (χ4v) is 4.97. The molecule has 5 nitrogen and oxygen atoms in total. The van der Waals surface area contributed by atoms with Crippen molar-refractivity contribution in [1.82, 2.24) is 10.3 Å². The minimum Gasteiger partial charge on any atom is -0.366 e. The van der Waals surface area contributed by atoms with Crippen molar-refractivity contribution in [2.45, 2.75) is 38.3 Å². The summed E-state index contributed by atoms with van der Waals surface area (Å²) < 4.78 is 0.899. The first-order chi connectivity index (χ1) is 13.2. The Morgan fingerprint density at radius 1 is 1.37 bits per heavy atom. The highest BCUT2D eigenvalue weighted by Gasteiger charge is 2.25. The lowest BCUT2D eigenvalue weighted by atomic mass is 9.96. The number of primary amides is 1. The van der Waals surface area contributed by atoms with Gasteiger partial charge in [0.15, 0.2) is 0 Å². The highest BCUT2D eigenvalue weighted by Crippen LogP contribution is 2.38. The zero-order valence-electron chi connectivity index (χ0n) is 15.4. The van der Waals surface area contributed by atoms with Crippen LogP contribution in [-0.4, -0.2) is 29.5 Å². The van der Waals surface area contributed by atoms with Crippen LogP contribution >= 0.6 is 11.3 Å². The van der Waals surface area contributed by atoms with Crippen LogP contribution in [0.3, 0.4) is 0 Å². The van der Waals surface area contributed by atoms with Crippen molar-refractivity contribution < 1.29 is 4.79 Å². The molecule has 4 N–H and O–H groups in total. The monoisotopic (exact) mass is 380 g/mol. The molecule has 0 aliphatic carbocycles. The van der Waals surface area contributed by atoms with Crippen molar-refractivity contribution in [2.24, 2.45) is 5.73 Å². The third-order valence-corrected chi connectivity index (χ3v) is 6.44. The van der Waals surface area contributed by atoms with Gasteiger partial charge in [-0.1, -0.05) is 37.3 Å². The van der Waals surface area contributed by atoms with E-state index in [2.05, 4.69) is 40.7 Å². The second-order valence-electron chi connectivity index (χ2n) is 6.97. The van der Waals surface area contributed by atoms with Gasteiger partial charge in [0.1, 0.15) is 5.82 Å². The largest absolute Gasteiger partial charge is 0.366 e. The van der Waals surface area contributed by atoms with Gasteiger partial charge in [0.25, 0.3) is 5.91 Å². The zero-order valence-corrected chi connectivity index (χ0v) is 16.2. The molecule has 27 heavy (non-hydrogen) atoms. The average molecular weight is 381 g/mol. The van der Waals surface area contributed by atoms with E-state index in [1.165, 1.54) is 0 Å². The van der Waals surface area contributed by atoms with E-state index in [-0.39, 0.29) is 0 Å². The van der Waals surface area contributed by atoms with Crippen LogP contribution in [0.5, 0.6) is 0 Å². The molecule has 0 spiro atoms. The summed E-state index contributed by atoms with van der Waals surface area (Å²) >= 11 is 1.59. The van der Waals surface area contributed by atoms with Crippen LogP contribution in [0.2, 0.25) is 0 Å². The van der Waals surface area contributed by atoms with Gasteiger partial charge in [0.2, 0.25) is 0 Å². The fraction of sp³-hybridized carbons (Fsp3) is 0.333. The maximum atomic E-state index is 11.9. The Labute approximate surface area is 163 Å². The predicted octanol–water partition coefficient (Wildman–Crippen LogP) is 4.00. The number of aromatic nitrogens is 1. The summed E-state index contributed by atoms with van der Waals surface area (Å²) in [6.07, 6.45) is 4.94. The van der Waals surface area contributed by atoms with Crippen LogP contribution in [0.1, 0.15) is 36.5 Å². The van der Waals surface area contributed by atoms with E-state index in [1.807, 2.05) is 18.2 Å². The summed E-state index contributed by atoms with van der Waals surface area (Å²) in [4.78, 5) is 17.6. The molecule has 1 fully saturated rings. The molecule has 3 aromatic rings. The molecule has 3 heterocycles. The van der Waals surface area contributed by atoms with E-state index in [0.717, 1.165) is 52.2 Å². The van der Waals surface area contributed by atoms with Gasteiger partial charge in [-0.15, -0.1) is 11.3 Å². The highest BCUT2D eigenvalue weighted by molar-refractivity contribution is 7.22. The third-order valence-electron chi connectivity index (χ3n) is 5.22.